The molecule has 0 heterocycles. The SMILES string of the molecule is CCCCC1=C(CCl)C=CC(Cl)(CCCC)C1(Cl)CCCC. The van der Waals surface area contributed by atoms with Gasteiger partial charge in [-0.2, -0.15) is 0 Å². The lowest BCUT2D eigenvalue weighted by Crippen LogP contribution is -2.48. The van der Waals surface area contributed by atoms with Gasteiger partial charge in [0, 0.05) is 5.88 Å². The maximum Gasteiger partial charge on any atom is 0.0887 e. The molecule has 0 spiro atoms. The van der Waals surface area contributed by atoms with Crippen molar-refractivity contribution in [3.8, 4) is 0 Å². The number of unbranched alkanes of at least 4 members (excludes halogenated alkanes) is 3. The zero-order valence-corrected chi connectivity index (χ0v) is 16.6. The molecule has 0 bridgehead atoms. The number of hydrogen-bond donors (Lipinski definition) is 0. The van der Waals surface area contributed by atoms with E-state index in [1.165, 1.54) is 11.1 Å². The van der Waals surface area contributed by atoms with Crippen LogP contribution in [0.5, 0.6) is 0 Å². The van der Waals surface area contributed by atoms with Crippen molar-refractivity contribution in [3.63, 3.8) is 0 Å². The number of allylic oxidation sites excluding steroid dienone is 4. The second-order valence-corrected chi connectivity index (χ2v) is 8.03. The third kappa shape index (κ3) is 4.46. The Labute approximate surface area is 152 Å². The fourth-order valence-corrected chi connectivity index (χ4v) is 4.47. The summed E-state index contributed by atoms with van der Waals surface area (Å²) in [5, 5.41) is 0. The van der Waals surface area contributed by atoms with E-state index in [2.05, 4.69) is 32.9 Å². The first-order valence-corrected chi connectivity index (χ1v) is 10.1. The molecule has 1 rings (SSSR count). The molecule has 1 aliphatic carbocycles. The van der Waals surface area contributed by atoms with Crippen LogP contribution in [-0.2, 0) is 0 Å². The molecular weight excluding hydrogens is 335 g/mol. The fraction of sp³-hybridized carbons (Fsp3) is 0.789. The highest BCUT2D eigenvalue weighted by molar-refractivity contribution is 6.37. The maximum absolute atomic E-state index is 7.27. The van der Waals surface area contributed by atoms with E-state index in [0.29, 0.717) is 5.88 Å². The second kappa shape index (κ2) is 9.60. The highest BCUT2D eigenvalue weighted by Gasteiger charge is 2.50. The van der Waals surface area contributed by atoms with E-state index < -0.39 is 9.75 Å². The molecule has 2 unspecified atom stereocenters. The highest BCUT2D eigenvalue weighted by Crippen LogP contribution is 2.53. The zero-order chi connectivity index (χ0) is 16.6. The minimum Gasteiger partial charge on any atom is -0.122 e. The number of rotatable bonds is 10. The zero-order valence-electron chi connectivity index (χ0n) is 14.4. The van der Waals surface area contributed by atoms with Gasteiger partial charge in [-0.05, 0) is 36.8 Å². The summed E-state index contributed by atoms with van der Waals surface area (Å²) in [6, 6.07) is 0. The summed E-state index contributed by atoms with van der Waals surface area (Å²) in [6.07, 6.45) is 13.9. The van der Waals surface area contributed by atoms with Crippen molar-refractivity contribution in [2.45, 2.75) is 88.3 Å². The van der Waals surface area contributed by atoms with Crippen molar-refractivity contribution in [2.24, 2.45) is 0 Å². The van der Waals surface area contributed by atoms with Crippen LogP contribution in [0.25, 0.3) is 0 Å². The molecule has 0 N–H and O–H groups in total. The molecule has 0 aromatic rings. The highest BCUT2D eigenvalue weighted by atomic mass is 35.5. The Bertz CT molecular complexity index is 399. The molecule has 0 aliphatic heterocycles. The minimum absolute atomic E-state index is 0.474. The minimum atomic E-state index is -0.478. The summed E-state index contributed by atoms with van der Waals surface area (Å²) >= 11 is 20.6. The standard InChI is InChI=1S/C19H31Cl3/c1-4-7-10-17-16(15-20)11-14-18(21,12-8-5-2)19(17,22)13-9-6-3/h11,14H,4-10,12-13,15H2,1-3H3. The summed E-state index contributed by atoms with van der Waals surface area (Å²) in [7, 11) is 0. The molecule has 2 atom stereocenters. The summed E-state index contributed by atoms with van der Waals surface area (Å²) in [5.74, 6) is 0.525. The van der Waals surface area contributed by atoms with Crippen molar-refractivity contribution >= 4 is 34.8 Å². The first-order valence-electron chi connectivity index (χ1n) is 8.84. The van der Waals surface area contributed by atoms with Crippen molar-refractivity contribution in [3.05, 3.63) is 23.3 Å². The van der Waals surface area contributed by atoms with E-state index in [1.807, 2.05) is 0 Å². The second-order valence-electron chi connectivity index (χ2n) is 6.45. The van der Waals surface area contributed by atoms with E-state index in [9.17, 15) is 0 Å². The van der Waals surface area contributed by atoms with Gasteiger partial charge in [-0.25, -0.2) is 0 Å². The van der Waals surface area contributed by atoms with Crippen LogP contribution in [-0.4, -0.2) is 15.6 Å². The smallest absolute Gasteiger partial charge is 0.0887 e. The molecule has 1 aliphatic rings. The molecule has 128 valence electrons. The van der Waals surface area contributed by atoms with Crippen molar-refractivity contribution in [1.82, 2.24) is 0 Å². The Balaban J connectivity index is 3.21. The molecular formula is C19H31Cl3. The predicted molar refractivity (Wildman–Crippen MR) is 103 cm³/mol. The van der Waals surface area contributed by atoms with Crippen LogP contribution in [0.3, 0.4) is 0 Å². The summed E-state index contributed by atoms with van der Waals surface area (Å²) in [5.41, 5.74) is 2.49. The van der Waals surface area contributed by atoms with Gasteiger partial charge >= 0.3 is 0 Å². The number of hydrogen-bond acceptors (Lipinski definition) is 0. The van der Waals surface area contributed by atoms with E-state index in [0.717, 1.165) is 57.8 Å². The average Bonchev–Trinajstić information content (AvgIpc) is 2.52. The Hall–Kier alpha value is 0.350. The van der Waals surface area contributed by atoms with Gasteiger partial charge in [0.2, 0.25) is 0 Å². The number of halogens is 3. The summed E-state index contributed by atoms with van der Waals surface area (Å²) in [6.45, 7) is 6.62. The molecule has 0 aromatic carbocycles. The van der Waals surface area contributed by atoms with Gasteiger partial charge in [-0.1, -0.05) is 65.0 Å². The third-order valence-corrected chi connectivity index (χ3v) is 6.54. The first kappa shape index (κ1) is 20.4. The van der Waals surface area contributed by atoms with Crippen LogP contribution in [0.4, 0.5) is 0 Å². The quantitative estimate of drug-likeness (QED) is 0.349. The predicted octanol–water partition coefficient (Wildman–Crippen LogP) is 7.62. The molecule has 0 nitrogen and oxygen atoms in total. The van der Waals surface area contributed by atoms with Crippen LogP contribution < -0.4 is 0 Å². The molecule has 22 heavy (non-hydrogen) atoms. The van der Waals surface area contributed by atoms with Gasteiger partial charge in [0.25, 0.3) is 0 Å². The number of alkyl halides is 3. The molecule has 0 aromatic heterocycles. The van der Waals surface area contributed by atoms with Gasteiger partial charge in [0.05, 0.1) is 9.75 Å². The Morgan fingerprint density at radius 1 is 0.909 bits per heavy atom. The van der Waals surface area contributed by atoms with Gasteiger partial charge < -0.3 is 0 Å². The molecule has 0 radical (unpaired) electrons. The van der Waals surface area contributed by atoms with Crippen LogP contribution in [0.15, 0.2) is 23.3 Å². The lowest BCUT2D eigenvalue weighted by molar-refractivity contribution is 0.419. The van der Waals surface area contributed by atoms with Gasteiger partial charge in [-0.3, -0.25) is 0 Å². The Kier molecular flexibility index (Phi) is 8.90. The summed E-state index contributed by atoms with van der Waals surface area (Å²) in [4.78, 5) is -0.952. The van der Waals surface area contributed by atoms with Crippen molar-refractivity contribution in [2.75, 3.05) is 5.88 Å². The van der Waals surface area contributed by atoms with Crippen LogP contribution in [0, 0.1) is 0 Å². The van der Waals surface area contributed by atoms with Crippen molar-refractivity contribution in [1.29, 1.82) is 0 Å². The molecule has 0 saturated carbocycles. The van der Waals surface area contributed by atoms with Crippen LogP contribution in [0.2, 0.25) is 0 Å². The monoisotopic (exact) mass is 364 g/mol. The Morgan fingerprint density at radius 2 is 1.50 bits per heavy atom. The Morgan fingerprint density at radius 3 is 2.05 bits per heavy atom. The van der Waals surface area contributed by atoms with Crippen LogP contribution in [0.1, 0.15) is 78.6 Å². The van der Waals surface area contributed by atoms with Crippen molar-refractivity contribution < 1.29 is 0 Å². The van der Waals surface area contributed by atoms with E-state index in [1.54, 1.807) is 0 Å². The van der Waals surface area contributed by atoms with Gasteiger partial charge in [0.1, 0.15) is 0 Å². The van der Waals surface area contributed by atoms with Gasteiger partial charge in [-0.15, -0.1) is 34.8 Å². The summed E-state index contributed by atoms with van der Waals surface area (Å²) < 4.78 is 0. The lowest BCUT2D eigenvalue weighted by Gasteiger charge is -2.46. The van der Waals surface area contributed by atoms with E-state index in [4.69, 9.17) is 34.8 Å². The fourth-order valence-electron chi connectivity index (χ4n) is 3.30. The molecule has 3 heteroatoms. The maximum atomic E-state index is 7.27. The molecule has 0 saturated heterocycles. The average molecular weight is 366 g/mol. The van der Waals surface area contributed by atoms with Gasteiger partial charge in [0.15, 0.2) is 0 Å². The largest absolute Gasteiger partial charge is 0.122 e. The third-order valence-electron chi connectivity index (χ3n) is 4.77. The first-order chi connectivity index (χ1) is 10.5. The lowest BCUT2D eigenvalue weighted by atomic mass is 9.71. The molecule has 0 fully saturated rings. The normalized spacial score (nSPS) is 28.5. The van der Waals surface area contributed by atoms with E-state index in [-0.39, 0.29) is 0 Å². The van der Waals surface area contributed by atoms with Crippen LogP contribution >= 0.6 is 34.8 Å². The molecule has 0 amide bonds. The van der Waals surface area contributed by atoms with E-state index >= 15 is 0 Å². The topological polar surface area (TPSA) is 0 Å².